The van der Waals surface area contributed by atoms with Crippen molar-refractivity contribution in [3.63, 3.8) is 0 Å². The Morgan fingerprint density at radius 1 is 1.46 bits per heavy atom. The molecule has 1 aliphatic heterocycles. The Hall–Kier alpha value is 0.250. The molecule has 2 unspecified atom stereocenters. The lowest BCUT2D eigenvalue weighted by atomic mass is 10.0. The van der Waals surface area contributed by atoms with Gasteiger partial charge in [-0.05, 0) is 51.6 Å². The monoisotopic (exact) mass is 203 g/mol. The smallest absolute Gasteiger partial charge is 0.0225 e. The van der Waals surface area contributed by atoms with Gasteiger partial charge in [-0.2, -0.15) is 0 Å². The fraction of sp³-hybridized carbons (Fsp3) is 1.00. The Balaban J connectivity index is 2.10. The predicted octanol–water partition coefficient (Wildman–Crippen LogP) is 3.13. The number of nitrogens with zero attached hydrogens (tertiary/aromatic N) is 1. The molecular formula is C11H22ClN. The predicted molar refractivity (Wildman–Crippen MR) is 59.4 cm³/mol. The van der Waals surface area contributed by atoms with Gasteiger partial charge >= 0.3 is 0 Å². The van der Waals surface area contributed by atoms with Crippen LogP contribution in [0.2, 0.25) is 0 Å². The van der Waals surface area contributed by atoms with E-state index < -0.39 is 0 Å². The molecule has 0 radical (unpaired) electrons. The van der Waals surface area contributed by atoms with Crippen LogP contribution in [0.3, 0.4) is 0 Å². The van der Waals surface area contributed by atoms with Crippen LogP contribution in [-0.4, -0.2) is 29.9 Å². The van der Waals surface area contributed by atoms with Gasteiger partial charge in [-0.25, -0.2) is 0 Å². The fourth-order valence-corrected chi connectivity index (χ4v) is 2.41. The van der Waals surface area contributed by atoms with Gasteiger partial charge in [-0.1, -0.05) is 6.92 Å². The van der Waals surface area contributed by atoms with Crippen LogP contribution in [0.15, 0.2) is 0 Å². The summed E-state index contributed by atoms with van der Waals surface area (Å²) in [5.41, 5.74) is 0. The number of hydrogen-bond acceptors (Lipinski definition) is 1. The van der Waals surface area contributed by atoms with Crippen LogP contribution in [0.1, 0.15) is 39.5 Å². The maximum atomic E-state index is 5.71. The lowest BCUT2D eigenvalue weighted by Gasteiger charge is -2.22. The number of hydrogen-bond donors (Lipinski definition) is 0. The fourth-order valence-electron chi connectivity index (χ4n) is 2.04. The molecule has 0 aromatic rings. The van der Waals surface area contributed by atoms with Crippen LogP contribution in [0.5, 0.6) is 0 Å². The van der Waals surface area contributed by atoms with E-state index in [1.165, 1.54) is 38.8 Å². The summed E-state index contributed by atoms with van der Waals surface area (Å²) in [5.74, 6) is 1.61. The molecule has 2 heteroatoms. The van der Waals surface area contributed by atoms with Crippen LogP contribution >= 0.6 is 11.6 Å². The van der Waals surface area contributed by atoms with Gasteiger partial charge in [0.25, 0.3) is 0 Å². The van der Waals surface area contributed by atoms with E-state index in [0.29, 0.717) is 0 Å². The van der Waals surface area contributed by atoms with Crippen molar-refractivity contribution >= 4 is 11.6 Å². The summed E-state index contributed by atoms with van der Waals surface area (Å²) in [5, 5.41) is 0. The summed E-state index contributed by atoms with van der Waals surface area (Å²) in [6, 6.07) is 0.822. The van der Waals surface area contributed by atoms with Crippen LogP contribution in [0.4, 0.5) is 0 Å². The van der Waals surface area contributed by atoms with Gasteiger partial charge < -0.3 is 4.90 Å². The summed E-state index contributed by atoms with van der Waals surface area (Å²) < 4.78 is 0. The minimum absolute atomic E-state index is 0.797. The van der Waals surface area contributed by atoms with Crippen LogP contribution in [0, 0.1) is 5.92 Å². The third-order valence-corrected chi connectivity index (χ3v) is 3.42. The van der Waals surface area contributed by atoms with Gasteiger partial charge in [-0.3, -0.25) is 0 Å². The molecule has 0 aromatic heterocycles. The summed E-state index contributed by atoms with van der Waals surface area (Å²) >= 11 is 5.71. The molecular weight excluding hydrogens is 182 g/mol. The van der Waals surface area contributed by atoms with Crippen LogP contribution < -0.4 is 0 Å². The van der Waals surface area contributed by atoms with E-state index in [-0.39, 0.29) is 0 Å². The van der Waals surface area contributed by atoms with Crippen molar-refractivity contribution in [3.05, 3.63) is 0 Å². The molecule has 1 fully saturated rings. The molecule has 1 nitrogen and oxygen atoms in total. The van der Waals surface area contributed by atoms with Crippen molar-refractivity contribution in [1.29, 1.82) is 0 Å². The summed E-state index contributed by atoms with van der Waals surface area (Å²) in [6.45, 7) is 7.25. The first-order valence-electron chi connectivity index (χ1n) is 5.54. The van der Waals surface area contributed by atoms with E-state index in [1.807, 2.05) is 0 Å². The second-order valence-corrected chi connectivity index (χ2v) is 4.78. The van der Waals surface area contributed by atoms with Crippen molar-refractivity contribution in [2.45, 2.75) is 45.6 Å². The van der Waals surface area contributed by atoms with Crippen molar-refractivity contribution < 1.29 is 0 Å². The highest BCUT2D eigenvalue weighted by Gasteiger charge is 2.19. The zero-order valence-electron chi connectivity index (χ0n) is 8.93. The third-order valence-electron chi connectivity index (χ3n) is 3.20. The van der Waals surface area contributed by atoms with E-state index in [2.05, 4.69) is 18.7 Å². The lowest BCUT2D eigenvalue weighted by molar-refractivity contribution is 0.248. The molecule has 0 aromatic carbocycles. The Kier molecular flexibility index (Phi) is 5.12. The first-order valence-corrected chi connectivity index (χ1v) is 6.07. The minimum Gasteiger partial charge on any atom is -0.301 e. The molecule has 0 N–H and O–H groups in total. The number of likely N-dealkylation sites (tertiary alicyclic amines) is 1. The second kappa shape index (κ2) is 5.87. The number of halogens is 1. The molecule has 1 heterocycles. The van der Waals surface area contributed by atoms with Gasteiger partial charge in [0.1, 0.15) is 0 Å². The highest BCUT2D eigenvalue weighted by molar-refractivity contribution is 6.17. The summed E-state index contributed by atoms with van der Waals surface area (Å²) in [4.78, 5) is 2.62. The molecule has 0 amide bonds. The molecule has 0 spiro atoms. The van der Waals surface area contributed by atoms with E-state index >= 15 is 0 Å². The number of rotatable bonds is 5. The number of alkyl halides is 1. The Morgan fingerprint density at radius 2 is 2.23 bits per heavy atom. The zero-order valence-corrected chi connectivity index (χ0v) is 9.69. The van der Waals surface area contributed by atoms with Crippen LogP contribution in [-0.2, 0) is 0 Å². The Bertz CT molecular complexity index is 138. The minimum atomic E-state index is 0.797. The van der Waals surface area contributed by atoms with E-state index in [1.54, 1.807) is 0 Å². The van der Waals surface area contributed by atoms with Gasteiger partial charge in [-0.15, -0.1) is 11.6 Å². The Morgan fingerprint density at radius 3 is 2.77 bits per heavy atom. The lowest BCUT2D eigenvalue weighted by Crippen LogP contribution is -2.28. The topological polar surface area (TPSA) is 3.24 Å². The second-order valence-electron chi connectivity index (χ2n) is 4.40. The van der Waals surface area contributed by atoms with Gasteiger partial charge in [0, 0.05) is 11.9 Å². The van der Waals surface area contributed by atoms with E-state index in [4.69, 9.17) is 11.6 Å². The summed E-state index contributed by atoms with van der Waals surface area (Å²) in [7, 11) is 0. The third kappa shape index (κ3) is 3.86. The van der Waals surface area contributed by atoms with E-state index in [0.717, 1.165) is 17.8 Å². The highest BCUT2D eigenvalue weighted by atomic mass is 35.5. The maximum absolute atomic E-state index is 5.71. The summed E-state index contributed by atoms with van der Waals surface area (Å²) in [6.07, 6.45) is 5.27. The molecule has 0 bridgehead atoms. The van der Waals surface area contributed by atoms with Gasteiger partial charge in [0.05, 0.1) is 0 Å². The van der Waals surface area contributed by atoms with Crippen molar-refractivity contribution in [2.24, 2.45) is 5.92 Å². The molecule has 13 heavy (non-hydrogen) atoms. The first kappa shape index (κ1) is 11.3. The Labute approximate surface area is 87.4 Å². The molecule has 1 aliphatic rings. The first-order chi connectivity index (χ1) is 6.24. The van der Waals surface area contributed by atoms with Crippen molar-refractivity contribution in [2.75, 3.05) is 19.0 Å². The zero-order chi connectivity index (χ0) is 9.68. The highest BCUT2D eigenvalue weighted by Crippen LogP contribution is 2.18. The van der Waals surface area contributed by atoms with Crippen molar-refractivity contribution in [1.82, 2.24) is 4.90 Å². The average Bonchev–Trinajstić information content (AvgIpc) is 2.48. The molecule has 1 rings (SSSR count). The van der Waals surface area contributed by atoms with Crippen LogP contribution in [0.25, 0.3) is 0 Å². The van der Waals surface area contributed by atoms with Gasteiger partial charge in [0.2, 0.25) is 0 Å². The van der Waals surface area contributed by atoms with Crippen molar-refractivity contribution in [3.8, 4) is 0 Å². The maximum Gasteiger partial charge on any atom is 0.0225 e. The SMILES string of the molecule is CC(CCCl)CCN1CCCC1C. The largest absolute Gasteiger partial charge is 0.301 e. The average molecular weight is 204 g/mol. The molecule has 2 atom stereocenters. The van der Waals surface area contributed by atoms with Gasteiger partial charge in [0.15, 0.2) is 0 Å². The quantitative estimate of drug-likeness (QED) is 0.621. The normalized spacial score (nSPS) is 26.5. The molecule has 0 saturated carbocycles. The standard InChI is InChI=1S/C11H22ClN/c1-10(5-7-12)6-9-13-8-3-4-11(13)2/h10-11H,3-9H2,1-2H3. The molecule has 0 aliphatic carbocycles. The van der Waals surface area contributed by atoms with E-state index in [9.17, 15) is 0 Å². The molecule has 78 valence electrons. The molecule has 1 saturated heterocycles.